The number of H-pyrrole nitrogens is 1. The second-order valence-electron chi connectivity index (χ2n) is 5.77. The highest BCUT2D eigenvalue weighted by Crippen LogP contribution is 2.30. The first-order valence-electron chi connectivity index (χ1n) is 8.10. The number of nitrogens with zero attached hydrogens (tertiary/aromatic N) is 3. The molecule has 8 heteroatoms. The standard InChI is InChI=1S/C19H16N4O4/c1-26-13-7-4-6-12-15(13)16-17(22-12)19(25)23(10-20-16)21-9-11-5-3-8-14(27-2)18(11)24/h3-10,22,24H,1-2H3/b21-9-. The van der Waals surface area contributed by atoms with Crippen molar-refractivity contribution in [2.75, 3.05) is 14.2 Å². The topological polar surface area (TPSA) is 102 Å². The van der Waals surface area contributed by atoms with Crippen LogP contribution in [0.4, 0.5) is 0 Å². The molecular weight excluding hydrogens is 348 g/mol. The maximum Gasteiger partial charge on any atom is 0.298 e. The van der Waals surface area contributed by atoms with Crippen molar-refractivity contribution in [2.45, 2.75) is 0 Å². The van der Waals surface area contributed by atoms with Gasteiger partial charge in [-0.1, -0.05) is 12.1 Å². The predicted molar refractivity (Wildman–Crippen MR) is 102 cm³/mol. The van der Waals surface area contributed by atoms with Crippen molar-refractivity contribution in [1.29, 1.82) is 0 Å². The Kier molecular flexibility index (Phi) is 4.00. The molecule has 0 amide bonds. The highest BCUT2D eigenvalue weighted by atomic mass is 16.5. The lowest BCUT2D eigenvalue weighted by Crippen LogP contribution is -2.17. The van der Waals surface area contributed by atoms with Crippen LogP contribution in [0.3, 0.4) is 0 Å². The lowest BCUT2D eigenvalue weighted by Gasteiger charge is -2.05. The summed E-state index contributed by atoms with van der Waals surface area (Å²) in [5.74, 6) is 0.900. The summed E-state index contributed by atoms with van der Waals surface area (Å²) in [6.45, 7) is 0. The predicted octanol–water partition coefficient (Wildman–Crippen LogP) is 2.48. The van der Waals surface area contributed by atoms with Crippen LogP contribution < -0.4 is 15.0 Å². The third-order valence-corrected chi connectivity index (χ3v) is 4.27. The van der Waals surface area contributed by atoms with Gasteiger partial charge in [0.25, 0.3) is 5.56 Å². The summed E-state index contributed by atoms with van der Waals surface area (Å²) in [5, 5.41) is 15.0. The number of benzene rings is 2. The van der Waals surface area contributed by atoms with Gasteiger partial charge in [0.2, 0.25) is 0 Å². The van der Waals surface area contributed by atoms with E-state index in [1.165, 1.54) is 19.7 Å². The number of rotatable bonds is 4. The zero-order chi connectivity index (χ0) is 19.0. The van der Waals surface area contributed by atoms with Crippen LogP contribution in [-0.4, -0.2) is 40.2 Å². The molecule has 136 valence electrons. The van der Waals surface area contributed by atoms with Crippen LogP contribution in [0.15, 0.2) is 52.6 Å². The molecule has 0 bridgehead atoms. The minimum Gasteiger partial charge on any atom is -0.504 e. The van der Waals surface area contributed by atoms with E-state index in [0.717, 1.165) is 15.6 Å². The minimum atomic E-state index is -0.364. The quantitative estimate of drug-likeness (QED) is 0.542. The van der Waals surface area contributed by atoms with Crippen LogP contribution in [0.25, 0.3) is 21.9 Å². The molecule has 2 N–H and O–H groups in total. The van der Waals surface area contributed by atoms with Gasteiger partial charge in [0, 0.05) is 5.56 Å². The van der Waals surface area contributed by atoms with E-state index in [4.69, 9.17) is 9.47 Å². The fraction of sp³-hybridized carbons (Fsp3) is 0.105. The number of methoxy groups -OCH3 is 2. The van der Waals surface area contributed by atoms with Gasteiger partial charge >= 0.3 is 0 Å². The number of phenols is 1. The molecule has 0 aliphatic heterocycles. The molecule has 27 heavy (non-hydrogen) atoms. The summed E-state index contributed by atoms with van der Waals surface area (Å²) in [6, 6.07) is 10.5. The highest BCUT2D eigenvalue weighted by Gasteiger charge is 2.14. The number of phenolic OH excluding ortho intramolecular Hbond substituents is 1. The van der Waals surface area contributed by atoms with Crippen molar-refractivity contribution < 1.29 is 14.6 Å². The highest BCUT2D eigenvalue weighted by molar-refractivity contribution is 6.07. The summed E-state index contributed by atoms with van der Waals surface area (Å²) >= 11 is 0. The number of ether oxygens (including phenoxy) is 2. The van der Waals surface area contributed by atoms with Gasteiger partial charge in [-0.2, -0.15) is 9.78 Å². The van der Waals surface area contributed by atoms with E-state index >= 15 is 0 Å². The van der Waals surface area contributed by atoms with Crippen LogP contribution in [0.5, 0.6) is 17.2 Å². The molecule has 2 heterocycles. The van der Waals surface area contributed by atoms with E-state index in [9.17, 15) is 9.90 Å². The molecule has 2 aromatic heterocycles. The van der Waals surface area contributed by atoms with Crippen LogP contribution in [-0.2, 0) is 0 Å². The fourth-order valence-corrected chi connectivity index (χ4v) is 2.95. The SMILES string of the molecule is COc1cccc(/C=N\n2cnc3c([nH]c4cccc(OC)c43)c2=O)c1O. The second kappa shape index (κ2) is 6.49. The maximum absolute atomic E-state index is 12.8. The monoisotopic (exact) mass is 364 g/mol. The summed E-state index contributed by atoms with van der Waals surface area (Å²) < 4.78 is 11.5. The summed E-state index contributed by atoms with van der Waals surface area (Å²) in [6.07, 6.45) is 2.70. The van der Waals surface area contributed by atoms with Gasteiger partial charge in [0.15, 0.2) is 11.5 Å². The fourth-order valence-electron chi connectivity index (χ4n) is 2.95. The molecule has 0 radical (unpaired) electrons. The first kappa shape index (κ1) is 16.6. The number of fused-ring (bicyclic) bond motifs is 3. The molecule has 2 aromatic carbocycles. The number of aromatic amines is 1. The molecule has 4 aromatic rings. The van der Waals surface area contributed by atoms with Crippen LogP contribution >= 0.6 is 0 Å². The molecule has 0 unspecified atom stereocenters. The normalized spacial score (nSPS) is 11.5. The summed E-state index contributed by atoms with van der Waals surface area (Å²) in [4.78, 5) is 20.2. The lowest BCUT2D eigenvalue weighted by atomic mass is 10.2. The van der Waals surface area contributed by atoms with Gasteiger partial charge in [0.05, 0.1) is 31.3 Å². The zero-order valence-corrected chi connectivity index (χ0v) is 14.6. The number of hydrogen-bond acceptors (Lipinski definition) is 6. The van der Waals surface area contributed by atoms with Crippen molar-refractivity contribution in [2.24, 2.45) is 5.10 Å². The number of nitrogens with one attached hydrogen (secondary N) is 1. The minimum absolute atomic E-state index is 0.0545. The Morgan fingerprint density at radius 2 is 1.89 bits per heavy atom. The van der Waals surface area contributed by atoms with Crippen molar-refractivity contribution in [3.8, 4) is 17.2 Å². The first-order valence-corrected chi connectivity index (χ1v) is 8.10. The van der Waals surface area contributed by atoms with E-state index in [0.29, 0.717) is 28.1 Å². The van der Waals surface area contributed by atoms with Crippen LogP contribution in [0.2, 0.25) is 0 Å². The summed E-state index contributed by atoms with van der Waals surface area (Å²) in [5.41, 5.74) is 1.64. The molecule has 0 atom stereocenters. The molecular formula is C19H16N4O4. The molecule has 0 fully saturated rings. The van der Waals surface area contributed by atoms with Crippen LogP contribution in [0, 0.1) is 0 Å². The van der Waals surface area contributed by atoms with Crippen LogP contribution in [0.1, 0.15) is 5.56 Å². The molecule has 0 aliphatic rings. The average Bonchev–Trinajstić information content (AvgIpc) is 3.08. The lowest BCUT2D eigenvalue weighted by molar-refractivity contribution is 0.373. The number of aromatic nitrogens is 3. The van der Waals surface area contributed by atoms with E-state index in [1.807, 2.05) is 18.2 Å². The maximum atomic E-state index is 12.8. The van der Waals surface area contributed by atoms with Crippen molar-refractivity contribution >= 4 is 28.2 Å². The Labute approximate surface area is 153 Å². The third-order valence-electron chi connectivity index (χ3n) is 4.27. The van der Waals surface area contributed by atoms with Gasteiger partial charge < -0.3 is 19.6 Å². The van der Waals surface area contributed by atoms with E-state index in [-0.39, 0.29) is 11.3 Å². The van der Waals surface area contributed by atoms with E-state index in [1.54, 1.807) is 25.3 Å². The molecule has 0 spiro atoms. The average molecular weight is 364 g/mol. The Morgan fingerprint density at radius 1 is 1.15 bits per heavy atom. The Bertz CT molecular complexity index is 1240. The third kappa shape index (κ3) is 2.67. The first-order chi connectivity index (χ1) is 13.1. The smallest absolute Gasteiger partial charge is 0.298 e. The molecule has 4 rings (SSSR count). The largest absolute Gasteiger partial charge is 0.504 e. The zero-order valence-electron chi connectivity index (χ0n) is 14.6. The van der Waals surface area contributed by atoms with Gasteiger partial charge in [-0.25, -0.2) is 4.98 Å². The number of aromatic hydroxyl groups is 1. The van der Waals surface area contributed by atoms with Crippen molar-refractivity contribution in [1.82, 2.24) is 14.6 Å². The van der Waals surface area contributed by atoms with Crippen molar-refractivity contribution in [3.63, 3.8) is 0 Å². The van der Waals surface area contributed by atoms with Gasteiger partial charge in [-0.15, -0.1) is 0 Å². The molecule has 0 aliphatic carbocycles. The van der Waals surface area contributed by atoms with E-state index < -0.39 is 0 Å². The van der Waals surface area contributed by atoms with Gasteiger partial charge in [0.1, 0.15) is 23.1 Å². The Morgan fingerprint density at radius 3 is 2.67 bits per heavy atom. The molecule has 0 saturated heterocycles. The molecule has 8 nitrogen and oxygen atoms in total. The van der Waals surface area contributed by atoms with Gasteiger partial charge in [-0.3, -0.25) is 4.79 Å². The number of hydrogen-bond donors (Lipinski definition) is 2. The summed E-state index contributed by atoms with van der Waals surface area (Å²) in [7, 11) is 3.03. The molecule has 0 saturated carbocycles. The Balaban J connectivity index is 1.83. The van der Waals surface area contributed by atoms with Gasteiger partial charge in [-0.05, 0) is 24.3 Å². The second-order valence-corrected chi connectivity index (χ2v) is 5.77. The van der Waals surface area contributed by atoms with Crippen molar-refractivity contribution in [3.05, 3.63) is 58.6 Å². The number of para-hydroxylation sites is 1. The Hall–Kier alpha value is -3.81. The van der Waals surface area contributed by atoms with E-state index in [2.05, 4.69) is 15.1 Å².